The molecule has 4 rings (SSSR count). The standard InChI is InChI=1S/C22H18N4O6/c1-12-24-18-10-21(32-3)20(31-2)9-16(18)22(28)25(12)23-11-17-15-6-5-14(26(29)30)8-13(15)4-7-19(17)27/h4-11,27H,1-3H3/b23-11+. The van der Waals surface area contributed by atoms with E-state index in [-0.39, 0.29) is 16.8 Å². The van der Waals surface area contributed by atoms with E-state index in [2.05, 4.69) is 10.1 Å². The van der Waals surface area contributed by atoms with E-state index in [1.54, 1.807) is 19.1 Å². The van der Waals surface area contributed by atoms with E-state index in [0.29, 0.717) is 39.2 Å². The second-order valence-electron chi connectivity index (χ2n) is 6.91. The van der Waals surface area contributed by atoms with Crippen LogP contribution in [0.25, 0.3) is 21.7 Å². The van der Waals surface area contributed by atoms with Crippen molar-refractivity contribution in [2.24, 2.45) is 5.10 Å². The second kappa shape index (κ2) is 7.99. The lowest BCUT2D eigenvalue weighted by Gasteiger charge is -2.11. The maximum Gasteiger partial charge on any atom is 0.282 e. The smallest absolute Gasteiger partial charge is 0.282 e. The molecule has 1 N–H and O–H groups in total. The van der Waals surface area contributed by atoms with Crippen molar-refractivity contribution in [2.45, 2.75) is 6.92 Å². The fourth-order valence-corrected chi connectivity index (χ4v) is 3.45. The van der Waals surface area contributed by atoms with E-state index in [1.807, 2.05) is 0 Å². The predicted octanol–water partition coefficient (Wildman–Crippen LogP) is 3.37. The highest BCUT2D eigenvalue weighted by atomic mass is 16.6. The highest BCUT2D eigenvalue weighted by Gasteiger charge is 2.14. The first-order valence-electron chi connectivity index (χ1n) is 9.44. The normalized spacial score (nSPS) is 11.3. The Bertz CT molecular complexity index is 1480. The summed E-state index contributed by atoms with van der Waals surface area (Å²) in [5.41, 5.74) is 0.245. The lowest BCUT2D eigenvalue weighted by molar-refractivity contribution is -0.384. The molecule has 3 aromatic carbocycles. The van der Waals surface area contributed by atoms with Gasteiger partial charge >= 0.3 is 0 Å². The van der Waals surface area contributed by atoms with Gasteiger partial charge in [0, 0.05) is 23.8 Å². The third-order valence-corrected chi connectivity index (χ3v) is 5.05. The van der Waals surface area contributed by atoms with Crippen LogP contribution in [-0.2, 0) is 0 Å². The van der Waals surface area contributed by atoms with E-state index in [0.717, 1.165) is 4.68 Å². The first kappa shape index (κ1) is 20.8. The maximum atomic E-state index is 13.1. The molecule has 0 fully saturated rings. The van der Waals surface area contributed by atoms with Crippen molar-refractivity contribution in [2.75, 3.05) is 14.2 Å². The van der Waals surface area contributed by atoms with Crippen LogP contribution in [0, 0.1) is 17.0 Å². The number of nitrogens with zero attached hydrogens (tertiary/aromatic N) is 4. The van der Waals surface area contributed by atoms with E-state index in [4.69, 9.17) is 9.47 Å². The number of fused-ring (bicyclic) bond motifs is 2. The number of ether oxygens (including phenoxy) is 2. The fraction of sp³-hybridized carbons (Fsp3) is 0.136. The van der Waals surface area contributed by atoms with Crippen LogP contribution in [0.3, 0.4) is 0 Å². The molecule has 0 saturated heterocycles. The topological polar surface area (TPSA) is 129 Å². The summed E-state index contributed by atoms with van der Waals surface area (Å²) in [5.74, 6) is 1.07. The van der Waals surface area contributed by atoms with Crippen molar-refractivity contribution < 1.29 is 19.5 Å². The van der Waals surface area contributed by atoms with Crippen molar-refractivity contribution in [1.82, 2.24) is 9.66 Å². The minimum absolute atomic E-state index is 0.0683. The summed E-state index contributed by atoms with van der Waals surface area (Å²) in [6.45, 7) is 1.63. The highest BCUT2D eigenvalue weighted by molar-refractivity contribution is 6.03. The monoisotopic (exact) mass is 434 g/mol. The lowest BCUT2D eigenvalue weighted by Crippen LogP contribution is -2.20. The van der Waals surface area contributed by atoms with E-state index >= 15 is 0 Å². The maximum absolute atomic E-state index is 13.1. The van der Waals surface area contributed by atoms with Crippen LogP contribution in [0.4, 0.5) is 5.69 Å². The van der Waals surface area contributed by atoms with Gasteiger partial charge < -0.3 is 14.6 Å². The zero-order chi connectivity index (χ0) is 23.0. The van der Waals surface area contributed by atoms with Gasteiger partial charge in [0.2, 0.25) is 0 Å². The Hall–Kier alpha value is -4.47. The molecular weight excluding hydrogens is 416 g/mol. The van der Waals surface area contributed by atoms with Crippen LogP contribution >= 0.6 is 0 Å². The molecule has 0 atom stereocenters. The van der Waals surface area contributed by atoms with Crippen molar-refractivity contribution in [3.05, 3.63) is 74.3 Å². The SMILES string of the molecule is COc1cc2nc(C)n(/N=C/c3c(O)ccc4cc([N+](=O)[O-])ccc34)c(=O)c2cc1OC. The Morgan fingerprint density at radius 2 is 1.81 bits per heavy atom. The van der Waals surface area contributed by atoms with E-state index < -0.39 is 10.5 Å². The number of rotatable bonds is 5. The number of phenolic OH excluding ortho intramolecular Hbond substituents is 1. The minimum atomic E-state index is -0.493. The van der Waals surface area contributed by atoms with Crippen LogP contribution in [0.5, 0.6) is 17.2 Å². The second-order valence-corrected chi connectivity index (χ2v) is 6.91. The van der Waals surface area contributed by atoms with Gasteiger partial charge in [-0.15, -0.1) is 0 Å². The van der Waals surface area contributed by atoms with Crippen molar-refractivity contribution in [3.63, 3.8) is 0 Å². The number of aromatic nitrogens is 2. The molecular formula is C22H18N4O6. The fourth-order valence-electron chi connectivity index (χ4n) is 3.45. The molecule has 0 saturated carbocycles. The zero-order valence-corrected chi connectivity index (χ0v) is 17.4. The predicted molar refractivity (Wildman–Crippen MR) is 119 cm³/mol. The Morgan fingerprint density at radius 1 is 1.09 bits per heavy atom. The average Bonchev–Trinajstić information content (AvgIpc) is 2.78. The number of aryl methyl sites for hydroxylation is 1. The molecule has 10 nitrogen and oxygen atoms in total. The van der Waals surface area contributed by atoms with Gasteiger partial charge in [-0.3, -0.25) is 14.9 Å². The van der Waals surface area contributed by atoms with Gasteiger partial charge in [-0.2, -0.15) is 9.78 Å². The summed E-state index contributed by atoms with van der Waals surface area (Å²) in [4.78, 5) is 28.1. The van der Waals surface area contributed by atoms with E-state index in [9.17, 15) is 20.0 Å². The number of hydrogen-bond donors (Lipinski definition) is 1. The van der Waals surface area contributed by atoms with Gasteiger partial charge in [0.05, 0.1) is 36.3 Å². The van der Waals surface area contributed by atoms with Crippen LogP contribution in [-0.4, -0.2) is 40.1 Å². The Balaban J connectivity index is 1.87. The molecule has 0 aliphatic carbocycles. The molecule has 0 unspecified atom stereocenters. The Morgan fingerprint density at radius 3 is 2.50 bits per heavy atom. The average molecular weight is 434 g/mol. The summed E-state index contributed by atoms with van der Waals surface area (Å²) in [6.07, 6.45) is 1.33. The third kappa shape index (κ3) is 3.47. The van der Waals surface area contributed by atoms with Gasteiger partial charge in [-0.25, -0.2) is 4.98 Å². The molecule has 162 valence electrons. The van der Waals surface area contributed by atoms with Gasteiger partial charge in [0.25, 0.3) is 11.2 Å². The summed E-state index contributed by atoms with van der Waals surface area (Å²) >= 11 is 0. The molecule has 4 aromatic rings. The number of aromatic hydroxyl groups is 1. The number of methoxy groups -OCH3 is 2. The molecule has 0 radical (unpaired) electrons. The number of nitro groups is 1. The van der Waals surface area contributed by atoms with Crippen LogP contribution in [0.1, 0.15) is 11.4 Å². The summed E-state index contributed by atoms with van der Waals surface area (Å²) in [7, 11) is 2.96. The molecule has 32 heavy (non-hydrogen) atoms. The number of nitro benzene ring substituents is 1. The molecule has 0 aliphatic heterocycles. The summed E-state index contributed by atoms with van der Waals surface area (Å²) < 4.78 is 11.6. The van der Waals surface area contributed by atoms with E-state index in [1.165, 1.54) is 50.8 Å². The first-order valence-corrected chi connectivity index (χ1v) is 9.44. The molecule has 1 aromatic heterocycles. The van der Waals surface area contributed by atoms with Crippen molar-refractivity contribution in [1.29, 1.82) is 0 Å². The Labute approximate surface area is 181 Å². The van der Waals surface area contributed by atoms with Crippen LogP contribution in [0.15, 0.2) is 52.4 Å². The molecule has 0 amide bonds. The van der Waals surface area contributed by atoms with Gasteiger partial charge in [-0.05, 0) is 35.9 Å². The first-order chi connectivity index (χ1) is 15.3. The Kier molecular flexibility index (Phi) is 5.19. The largest absolute Gasteiger partial charge is 0.507 e. The third-order valence-electron chi connectivity index (χ3n) is 5.05. The summed E-state index contributed by atoms with van der Waals surface area (Å²) in [6, 6.07) is 10.4. The van der Waals surface area contributed by atoms with Crippen LogP contribution in [0.2, 0.25) is 0 Å². The highest BCUT2D eigenvalue weighted by Crippen LogP contribution is 2.31. The van der Waals surface area contributed by atoms with Gasteiger partial charge in [0.15, 0.2) is 11.5 Å². The molecule has 10 heteroatoms. The van der Waals surface area contributed by atoms with Crippen LogP contribution < -0.4 is 15.0 Å². The zero-order valence-electron chi connectivity index (χ0n) is 17.4. The number of phenols is 1. The minimum Gasteiger partial charge on any atom is -0.507 e. The lowest BCUT2D eigenvalue weighted by atomic mass is 10.0. The molecule has 0 spiro atoms. The molecule has 0 bridgehead atoms. The van der Waals surface area contributed by atoms with Crippen molar-refractivity contribution >= 4 is 33.6 Å². The summed E-state index contributed by atoms with van der Waals surface area (Å²) in [5, 5.41) is 27.0. The van der Waals surface area contributed by atoms with Gasteiger partial charge in [-0.1, -0.05) is 6.07 Å². The van der Waals surface area contributed by atoms with Gasteiger partial charge in [0.1, 0.15) is 11.6 Å². The number of non-ortho nitro benzene ring substituents is 1. The quantitative estimate of drug-likeness (QED) is 0.290. The molecule has 0 aliphatic rings. The number of benzene rings is 3. The number of hydrogen-bond acceptors (Lipinski definition) is 8. The molecule has 1 heterocycles. The van der Waals surface area contributed by atoms with Crippen molar-refractivity contribution in [3.8, 4) is 17.2 Å².